The minimum absolute atomic E-state index is 0.0217. The van der Waals surface area contributed by atoms with E-state index in [0.717, 1.165) is 18.5 Å². The van der Waals surface area contributed by atoms with Gasteiger partial charge in [-0.25, -0.2) is 0 Å². The van der Waals surface area contributed by atoms with Crippen LogP contribution < -0.4 is 0 Å². The first-order valence-corrected chi connectivity index (χ1v) is 8.81. The maximum Gasteiger partial charge on any atom is 0.0631 e. The Hall–Kier alpha value is -0.210. The van der Waals surface area contributed by atoms with Gasteiger partial charge in [0.1, 0.15) is 0 Å². The van der Waals surface area contributed by atoms with Crippen molar-refractivity contribution in [3.8, 4) is 0 Å². The van der Waals surface area contributed by atoms with E-state index in [0.29, 0.717) is 23.7 Å². The summed E-state index contributed by atoms with van der Waals surface area (Å²) in [5.41, 5.74) is 1.12. The molecule has 0 saturated heterocycles. The lowest BCUT2D eigenvalue weighted by Crippen LogP contribution is -2.30. The van der Waals surface area contributed by atoms with Crippen molar-refractivity contribution < 1.29 is 0 Å². The molecule has 0 aliphatic heterocycles. The van der Waals surface area contributed by atoms with Gasteiger partial charge in [-0.05, 0) is 37.7 Å². The largest absolute Gasteiger partial charge is 0.269 e. The molecule has 2 rings (SSSR count). The summed E-state index contributed by atoms with van der Waals surface area (Å²) in [4.78, 5) is 0. The fourth-order valence-corrected chi connectivity index (χ4v) is 4.10. The first kappa shape index (κ1) is 16.2. The van der Waals surface area contributed by atoms with Crippen molar-refractivity contribution in [2.75, 3.05) is 11.8 Å². The number of halogens is 2. The van der Waals surface area contributed by atoms with Crippen LogP contribution >= 0.6 is 23.2 Å². The molecule has 0 unspecified atom stereocenters. The van der Waals surface area contributed by atoms with Crippen molar-refractivity contribution in [3.63, 3.8) is 0 Å². The molecular weight excluding hydrogens is 291 g/mol. The quantitative estimate of drug-likeness (QED) is 0.643. The average Bonchev–Trinajstić information content (AvgIpc) is 3.07. The standard InChI is InChI=1S/C16H26Cl2N2/c1-13(2)9-16(11-17,12-18)10-14-7-8-20(19-14)15-5-3-4-6-15/h7-8,13,15H,3-6,9-12H2,1-2H3. The van der Waals surface area contributed by atoms with E-state index in [4.69, 9.17) is 28.3 Å². The Labute approximate surface area is 132 Å². The van der Waals surface area contributed by atoms with Crippen LogP contribution in [0, 0.1) is 11.3 Å². The Morgan fingerprint density at radius 1 is 1.30 bits per heavy atom. The Morgan fingerprint density at radius 2 is 1.95 bits per heavy atom. The van der Waals surface area contributed by atoms with Gasteiger partial charge in [-0.15, -0.1) is 23.2 Å². The summed E-state index contributed by atoms with van der Waals surface area (Å²) in [5, 5.41) is 4.78. The molecule has 1 saturated carbocycles. The maximum atomic E-state index is 6.23. The summed E-state index contributed by atoms with van der Waals surface area (Å²) >= 11 is 12.5. The molecule has 20 heavy (non-hydrogen) atoms. The van der Waals surface area contributed by atoms with Gasteiger partial charge in [0.2, 0.25) is 0 Å². The van der Waals surface area contributed by atoms with E-state index in [2.05, 4.69) is 30.8 Å². The van der Waals surface area contributed by atoms with Gasteiger partial charge in [-0.2, -0.15) is 5.10 Å². The molecule has 0 spiro atoms. The summed E-state index contributed by atoms with van der Waals surface area (Å²) in [6, 6.07) is 2.75. The first-order chi connectivity index (χ1) is 9.58. The molecule has 1 aliphatic rings. The molecule has 1 aromatic rings. The lowest BCUT2D eigenvalue weighted by atomic mass is 9.80. The van der Waals surface area contributed by atoms with Gasteiger partial charge < -0.3 is 0 Å². The Morgan fingerprint density at radius 3 is 2.50 bits per heavy atom. The topological polar surface area (TPSA) is 17.8 Å². The Kier molecular flexibility index (Phi) is 5.80. The lowest BCUT2D eigenvalue weighted by molar-refractivity contribution is 0.291. The third-order valence-corrected chi connectivity index (χ3v) is 5.46. The predicted octanol–water partition coefficient (Wildman–Crippen LogP) is 5.05. The smallest absolute Gasteiger partial charge is 0.0631 e. The van der Waals surface area contributed by atoms with Crippen LogP contribution in [0.15, 0.2) is 12.3 Å². The van der Waals surface area contributed by atoms with E-state index < -0.39 is 0 Å². The number of rotatable bonds is 7. The maximum absolute atomic E-state index is 6.23. The molecule has 0 bridgehead atoms. The van der Waals surface area contributed by atoms with E-state index in [9.17, 15) is 0 Å². The second-order valence-electron chi connectivity index (χ2n) is 6.77. The summed E-state index contributed by atoms with van der Waals surface area (Å²) in [6.45, 7) is 4.45. The molecule has 2 nitrogen and oxygen atoms in total. The van der Waals surface area contributed by atoms with E-state index in [1.807, 2.05) is 0 Å². The minimum Gasteiger partial charge on any atom is -0.269 e. The first-order valence-electron chi connectivity index (χ1n) is 7.74. The highest BCUT2D eigenvalue weighted by Crippen LogP contribution is 2.34. The van der Waals surface area contributed by atoms with Crippen molar-refractivity contribution >= 4 is 23.2 Å². The number of hydrogen-bond donors (Lipinski definition) is 0. The summed E-state index contributed by atoms with van der Waals surface area (Å²) in [6.07, 6.45) is 9.27. The molecule has 4 heteroatoms. The molecule has 1 aliphatic carbocycles. The van der Waals surface area contributed by atoms with Crippen molar-refractivity contribution in [2.45, 2.75) is 58.4 Å². The van der Waals surface area contributed by atoms with Crippen LogP contribution in [0.2, 0.25) is 0 Å². The number of aromatic nitrogens is 2. The van der Waals surface area contributed by atoms with Gasteiger partial charge >= 0.3 is 0 Å². The van der Waals surface area contributed by atoms with Crippen LogP contribution in [0.4, 0.5) is 0 Å². The fraction of sp³-hybridized carbons (Fsp3) is 0.812. The predicted molar refractivity (Wildman–Crippen MR) is 86.8 cm³/mol. The van der Waals surface area contributed by atoms with Gasteiger partial charge in [0.15, 0.2) is 0 Å². The van der Waals surface area contributed by atoms with Crippen LogP contribution in [0.25, 0.3) is 0 Å². The molecule has 0 aromatic carbocycles. The molecule has 1 heterocycles. The van der Waals surface area contributed by atoms with Crippen LogP contribution in [0.3, 0.4) is 0 Å². The molecule has 0 amide bonds. The zero-order valence-corrected chi connectivity index (χ0v) is 14.1. The lowest BCUT2D eigenvalue weighted by Gasteiger charge is -2.30. The van der Waals surface area contributed by atoms with Gasteiger partial charge in [-0.3, -0.25) is 4.68 Å². The van der Waals surface area contributed by atoms with Crippen molar-refractivity contribution in [1.29, 1.82) is 0 Å². The SMILES string of the molecule is CC(C)CC(CCl)(CCl)Cc1ccn(C2CCCC2)n1. The van der Waals surface area contributed by atoms with Crippen LogP contribution in [0.1, 0.15) is 57.7 Å². The zero-order valence-electron chi connectivity index (χ0n) is 12.6. The molecular formula is C16H26Cl2N2. The molecule has 1 aromatic heterocycles. The van der Waals surface area contributed by atoms with E-state index in [1.54, 1.807) is 0 Å². The highest BCUT2D eigenvalue weighted by Gasteiger charge is 2.31. The fourth-order valence-electron chi connectivity index (χ4n) is 3.41. The minimum atomic E-state index is -0.0217. The molecule has 1 fully saturated rings. The average molecular weight is 317 g/mol. The van der Waals surface area contributed by atoms with Crippen LogP contribution in [0.5, 0.6) is 0 Å². The molecule has 114 valence electrons. The molecule has 0 atom stereocenters. The van der Waals surface area contributed by atoms with Gasteiger partial charge in [0.25, 0.3) is 0 Å². The van der Waals surface area contributed by atoms with Gasteiger partial charge in [-0.1, -0.05) is 26.7 Å². The highest BCUT2D eigenvalue weighted by molar-refractivity contribution is 6.21. The van der Waals surface area contributed by atoms with Crippen molar-refractivity contribution in [2.24, 2.45) is 11.3 Å². The van der Waals surface area contributed by atoms with E-state index in [-0.39, 0.29) is 5.41 Å². The monoisotopic (exact) mass is 316 g/mol. The summed E-state index contributed by atoms with van der Waals surface area (Å²) < 4.78 is 2.16. The van der Waals surface area contributed by atoms with E-state index >= 15 is 0 Å². The highest BCUT2D eigenvalue weighted by atomic mass is 35.5. The number of hydrogen-bond acceptors (Lipinski definition) is 1. The molecule has 0 N–H and O–H groups in total. The van der Waals surface area contributed by atoms with Gasteiger partial charge in [0, 0.05) is 23.4 Å². The Bertz CT molecular complexity index is 404. The zero-order chi connectivity index (χ0) is 14.6. The Balaban J connectivity index is 2.06. The van der Waals surface area contributed by atoms with Gasteiger partial charge in [0.05, 0.1) is 11.7 Å². The normalized spacial score (nSPS) is 17.2. The molecule has 0 radical (unpaired) electrons. The van der Waals surface area contributed by atoms with Crippen molar-refractivity contribution in [1.82, 2.24) is 9.78 Å². The number of nitrogens with zero attached hydrogens (tertiary/aromatic N) is 2. The number of alkyl halides is 2. The van der Waals surface area contributed by atoms with Crippen molar-refractivity contribution in [3.05, 3.63) is 18.0 Å². The second-order valence-corrected chi connectivity index (χ2v) is 7.30. The van der Waals surface area contributed by atoms with Crippen LogP contribution in [-0.4, -0.2) is 21.5 Å². The third kappa shape index (κ3) is 3.92. The van der Waals surface area contributed by atoms with E-state index in [1.165, 1.54) is 25.7 Å². The van der Waals surface area contributed by atoms with Crippen LogP contribution in [-0.2, 0) is 6.42 Å². The third-order valence-electron chi connectivity index (χ3n) is 4.33. The second kappa shape index (κ2) is 7.17. The summed E-state index contributed by atoms with van der Waals surface area (Å²) in [7, 11) is 0. The summed E-state index contributed by atoms with van der Waals surface area (Å²) in [5.74, 6) is 1.81.